The van der Waals surface area contributed by atoms with Crippen molar-refractivity contribution < 1.29 is 0 Å². The number of hydrogen-bond donors (Lipinski definition) is 0. The van der Waals surface area contributed by atoms with Crippen molar-refractivity contribution >= 4 is 17.1 Å². The second-order valence-corrected chi connectivity index (χ2v) is 18.7. The third-order valence-corrected chi connectivity index (χ3v) is 13.6. The molecule has 0 aromatic heterocycles. The molecule has 0 radical (unpaired) electrons. The maximum atomic E-state index is 2.62. The maximum Gasteiger partial charge on any atom is 0.0467 e. The number of nitrogens with zero attached hydrogens (tertiary/aromatic N) is 1. The summed E-state index contributed by atoms with van der Waals surface area (Å²) in [5.41, 5.74) is 18.8. The fourth-order valence-electron chi connectivity index (χ4n) is 10.3. The SMILES string of the molecule is CC(C)(C)c1ccc(N(c2cccc(-c3cccc(-c4cc(C5CCCCC5)cc(C5CCCCC5)c4)c3)c2)c2ccc3c(c2)C(C)(C)c2ccccc2-3)cc1. The van der Waals surface area contributed by atoms with Crippen molar-refractivity contribution in [1.29, 1.82) is 0 Å². The van der Waals surface area contributed by atoms with Crippen LogP contribution in [0.2, 0.25) is 0 Å². The Balaban J connectivity index is 1.12. The average Bonchev–Trinajstić information content (AvgIpc) is 3.47. The lowest BCUT2D eigenvalue weighted by Crippen LogP contribution is -2.17. The Hall–Kier alpha value is -4.88. The molecule has 6 aromatic carbocycles. The molecule has 0 amide bonds. The summed E-state index contributed by atoms with van der Waals surface area (Å²) in [6, 6.07) is 51.6. The van der Waals surface area contributed by atoms with Gasteiger partial charge >= 0.3 is 0 Å². The van der Waals surface area contributed by atoms with Crippen molar-refractivity contribution in [2.24, 2.45) is 0 Å². The van der Waals surface area contributed by atoms with Crippen molar-refractivity contribution in [2.45, 2.75) is 121 Å². The summed E-state index contributed by atoms with van der Waals surface area (Å²) < 4.78 is 0. The molecular formula is C55H59N. The molecule has 9 rings (SSSR count). The van der Waals surface area contributed by atoms with Crippen LogP contribution in [-0.2, 0) is 10.8 Å². The first-order valence-corrected chi connectivity index (χ1v) is 21.6. The zero-order valence-corrected chi connectivity index (χ0v) is 34.4. The number of rotatable bonds is 7. The number of fused-ring (bicyclic) bond motifs is 3. The molecule has 0 spiro atoms. The van der Waals surface area contributed by atoms with Gasteiger partial charge < -0.3 is 4.90 Å². The molecule has 6 aromatic rings. The zero-order valence-electron chi connectivity index (χ0n) is 34.4. The quantitative estimate of drug-likeness (QED) is 0.158. The Morgan fingerprint density at radius 3 is 1.62 bits per heavy atom. The van der Waals surface area contributed by atoms with Crippen LogP contribution >= 0.6 is 0 Å². The first kappa shape index (κ1) is 36.7. The predicted octanol–water partition coefficient (Wildman–Crippen LogP) is 16.2. The van der Waals surface area contributed by atoms with Crippen LogP contribution in [0, 0.1) is 0 Å². The second kappa shape index (κ2) is 14.9. The summed E-state index contributed by atoms with van der Waals surface area (Å²) in [6.07, 6.45) is 13.6. The van der Waals surface area contributed by atoms with E-state index in [-0.39, 0.29) is 10.8 Å². The first-order chi connectivity index (χ1) is 27.1. The van der Waals surface area contributed by atoms with Crippen LogP contribution in [0.1, 0.15) is 138 Å². The highest BCUT2D eigenvalue weighted by molar-refractivity contribution is 5.86. The van der Waals surface area contributed by atoms with Crippen LogP contribution in [0.15, 0.2) is 133 Å². The Bertz CT molecular complexity index is 2300. The van der Waals surface area contributed by atoms with E-state index in [9.17, 15) is 0 Å². The smallest absolute Gasteiger partial charge is 0.0467 e. The Labute approximate surface area is 336 Å². The summed E-state index contributed by atoms with van der Waals surface area (Å²) in [7, 11) is 0. The van der Waals surface area contributed by atoms with Gasteiger partial charge in [0.15, 0.2) is 0 Å². The van der Waals surface area contributed by atoms with Crippen LogP contribution in [0.5, 0.6) is 0 Å². The third kappa shape index (κ3) is 7.04. The highest BCUT2D eigenvalue weighted by atomic mass is 15.1. The third-order valence-electron chi connectivity index (χ3n) is 13.6. The largest absolute Gasteiger partial charge is 0.310 e. The number of hydrogen-bond acceptors (Lipinski definition) is 1. The molecule has 2 fully saturated rings. The van der Waals surface area contributed by atoms with Crippen LogP contribution in [-0.4, -0.2) is 0 Å². The van der Waals surface area contributed by atoms with E-state index in [1.165, 1.54) is 131 Å². The molecule has 0 atom stereocenters. The normalized spacial score (nSPS) is 17.0. The van der Waals surface area contributed by atoms with Crippen LogP contribution in [0.3, 0.4) is 0 Å². The van der Waals surface area contributed by atoms with E-state index in [4.69, 9.17) is 0 Å². The van der Waals surface area contributed by atoms with Gasteiger partial charge in [0.2, 0.25) is 0 Å². The fourth-order valence-corrected chi connectivity index (χ4v) is 10.3. The Morgan fingerprint density at radius 1 is 0.446 bits per heavy atom. The minimum Gasteiger partial charge on any atom is -0.310 e. The first-order valence-electron chi connectivity index (χ1n) is 21.6. The fraction of sp³-hybridized carbons (Fsp3) is 0.345. The van der Waals surface area contributed by atoms with Crippen molar-refractivity contribution in [3.05, 3.63) is 161 Å². The highest BCUT2D eigenvalue weighted by Crippen LogP contribution is 2.51. The summed E-state index contributed by atoms with van der Waals surface area (Å²) in [4.78, 5) is 2.46. The van der Waals surface area contributed by atoms with Gasteiger partial charge in [-0.2, -0.15) is 0 Å². The molecule has 1 heteroatoms. The molecule has 1 nitrogen and oxygen atoms in total. The van der Waals surface area contributed by atoms with Gasteiger partial charge in [0.05, 0.1) is 0 Å². The van der Waals surface area contributed by atoms with E-state index in [1.54, 1.807) is 11.1 Å². The molecule has 284 valence electrons. The monoisotopic (exact) mass is 733 g/mol. The van der Waals surface area contributed by atoms with Gasteiger partial charge in [0, 0.05) is 22.5 Å². The summed E-state index contributed by atoms with van der Waals surface area (Å²) in [5.74, 6) is 1.40. The van der Waals surface area contributed by atoms with E-state index < -0.39 is 0 Å². The van der Waals surface area contributed by atoms with Crippen LogP contribution in [0.4, 0.5) is 17.1 Å². The van der Waals surface area contributed by atoms with Gasteiger partial charge in [-0.15, -0.1) is 0 Å². The molecule has 0 N–H and O–H groups in total. The van der Waals surface area contributed by atoms with Crippen LogP contribution < -0.4 is 4.90 Å². The molecule has 3 aliphatic carbocycles. The van der Waals surface area contributed by atoms with E-state index in [2.05, 4.69) is 173 Å². The molecule has 0 unspecified atom stereocenters. The maximum absolute atomic E-state index is 2.62. The summed E-state index contributed by atoms with van der Waals surface area (Å²) >= 11 is 0. The minimum absolute atomic E-state index is 0.0723. The predicted molar refractivity (Wildman–Crippen MR) is 240 cm³/mol. The summed E-state index contributed by atoms with van der Waals surface area (Å²) in [6.45, 7) is 11.6. The van der Waals surface area contributed by atoms with E-state index in [0.717, 1.165) is 0 Å². The lowest BCUT2D eigenvalue weighted by Gasteiger charge is -2.29. The van der Waals surface area contributed by atoms with Crippen molar-refractivity contribution in [1.82, 2.24) is 0 Å². The molecule has 0 saturated heterocycles. The molecule has 3 aliphatic rings. The van der Waals surface area contributed by atoms with Gasteiger partial charge in [0.1, 0.15) is 0 Å². The number of anilines is 3. The van der Waals surface area contributed by atoms with E-state index >= 15 is 0 Å². The minimum atomic E-state index is -0.0723. The number of benzene rings is 6. The van der Waals surface area contributed by atoms with Gasteiger partial charge in [0.25, 0.3) is 0 Å². The van der Waals surface area contributed by atoms with Gasteiger partial charge in [-0.1, -0.05) is 164 Å². The van der Waals surface area contributed by atoms with E-state index in [1.807, 2.05) is 0 Å². The topological polar surface area (TPSA) is 3.24 Å². The van der Waals surface area contributed by atoms with Gasteiger partial charge in [-0.25, -0.2) is 0 Å². The van der Waals surface area contributed by atoms with Gasteiger partial charge in [-0.05, 0) is 147 Å². The van der Waals surface area contributed by atoms with Gasteiger partial charge in [-0.3, -0.25) is 0 Å². The van der Waals surface area contributed by atoms with Crippen molar-refractivity contribution in [3.8, 4) is 33.4 Å². The Morgan fingerprint density at radius 2 is 0.982 bits per heavy atom. The van der Waals surface area contributed by atoms with E-state index in [0.29, 0.717) is 11.8 Å². The molecule has 0 bridgehead atoms. The second-order valence-electron chi connectivity index (χ2n) is 18.7. The lowest BCUT2D eigenvalue weighted by atomic mass is 9.78. The standard InChI is InChI=1S/C55H59N/c1-54(2,3)46-26-28-47(29-27-46)56(49-30-31-51-50-24-12-13-25-52(50)55(4,5)53(51)37-49)48-23-15-22-42(36-48)40-20-14-21-41(32-40)45-34-43(38-16-8-6-9-17-38)33-44(35-45)39-18-10-7-11-19-39/h12-15,20-39H,6-11,16-19H2,1-5H3. The molecule has 0 heterocycles. The lowest BCUT2D eigenvalue weighted by molar-refractivity contribution is 0.435. The van der Waals surface area contributed by atoms with Crippen LogP contribution in [0.25, 0.3) is 33.4 Å². The molecular weight excluding hydrogens is 675 g/mol. The molecule has 2 saturated carbocycles. The summed E-state index contributed by atoms with van der Waals surface area (Å²) in [5, 5.41) is 0. The zero-order chi connectivity index (χ0) is 38.4. The van der Waals surface area contributed by atoms with Crippen molar-refractivity contribution in [3.63, 3.8) is 0 Å². The average molecular weight is 734 g/mol. The Kier molecular flexibility index (Phi) is 9.77. The highest BCUT2D eigenvalue weighted by Gasteiger charge is 2.36. The van der Waals surface area contributed by atoms with Crippen molar-refractivity contribution in [2.75, 3.05) is 4.90 Å². The molecule has 56 heavy (non-hydrogen) atoms. The molecule has 0 aliphatic heterocycles.